The minimum atomic E-state index is -0.0289. The average molecular weight is 215 g/mol. The number of ether oxygens (including phenoxy) is 1. The van der Waals surface area contributed by atoms with Crippen molar-refractivity contribution in [1.29, 1.82) is 0 Å². The van der Waals surface area contributed by atoms with E-state index in [1.807, 2.05) is 0 Å². The van der Waals surface area contributed by atoms with Crippen molar-refractivity contribution in [2.45, 2.75) is 44.8 Å². The van der Waals surface area contributed by atoms with Gasteiger partial charge in [-0.05, 0) is 46.1 Å². The normalized spacial score (nSPS) is 26.8. The van der Waals surface area contributed by atoms with Gasteiger partial charge in [-0.15, -0.1) is 0 Å². The third kappa shape index (κ3) is 4.49. The van der Waals surface area contributed by atoms with Gasteiger partial charge in [0.2, 0.25) is 0 Å². The molecule has 1 aliphatic rings. The lowest BCUT2D eigenvalue weighted by atomic mass is 9.82. The number of rotatable bonds is 6. The van der Waals surface area contributed by atoms with Crippen LogP contribution in [0, 0.1) is 5.92 Å². The molecular weight excluding hydrogens is 190 g/mol. The minimum absolute atomic E-state index is 0.0204. The van der Waals surface area contributed by atoms with Crippen LogP contribution in [0.2, 0.25) is 0 Å². The SMILES string of the molecule is COC(C)(C)CCN(C)CC1CC(O)C1. The molecule has 0 aromatic heterocycles. The molecule has 0 atom stereocenters. The van der Waals surface area contributed by atoms with Crippen LogP contribution in [0.5, 0.6) is 0 Å². The molecule has 0 aromatic carbocycles. The maximum absolute atomic E-state index is 9.19. The van der Waals surface area contributed by atoms with Crippen LogP contribution in [-0.2, 0) is 4.74 Å². The second kappa shape index (κ2) is 5.28. The summed E-state index contributed by atoms with van der Waals surface area (Å²) in [5.41, 5.74) is -0.0204. The van der Waals surface area contributed by atoms with Gasteiger partial charge < -0.3 is 14.7 Å². The number of aliphatic hydroxyl groups excluding tert-OH is 1. The number of hydrogen-bond donors (Lipinski definition) is 1. The Kier molecular flexibility index (Phi) is 4.56. The lowest BCUT2D eigenvalue weighted by Crippen LogP contribution is -2.39. The highest BCUT2D eigenvalue weighted by Crippen LogP contribution is 2.27. The lowest BCUT2D eigenvalue weighted by Gasteiger charge is -2.35. The van der Waals surface area contributed by atoms with E-state index in [2.05, 4.69) is 25.8 Å². The summed E-state index contributed by atoms with van der Waals surface area (Å²) >= 11 is 0. The van der Waals surface area contributed by atoms with Crippen LogP contribution in [0.25, 0.3) is 0 Å². The van der Waals surface area contributed by atoms with Crippen molar-refractivity contribution in [3.63, 3.8) is 0 Å². The first-order chi connectivity index (χ1) is 6.93. The summed E-state index contributed by atoms with van der Waals surface area (Å²) in [6, 6.07) is 0. The highest BCUT2D eigenvalue weighted by Gasteiger charge is 2.28. The zero-order chi connectivity index (χ0) is 11.5. The summed E-state index contributed by atoms with van der Waals surface area (Å²) in [7, 11) is 3.92. The molecule has 0 heterocycles. The van der Waals surface area contributed by atoms with Gasteiger partial charge in [0.25, 0.3) is 0 Å². The Labute approximate surface area is 93.4 Å². The summed E-state index contributed by atoms with van der Waals surface area (Å²) in [5.74, 6) is 0.704. The van der Waals surface area contributed by atoms with E-state index in [0.29, 0.717) is 5.92 Å². The highest BCUT2D eigenvalue weighted by atomic mass is 16.5. The summed E-state index contributed by atoms with van der Waals surface area (Å²) < 4.78 is 5.38. The van der Waals surface area contributed by atoms with Gasteiger partial charge in [-0.1, -0.05) is 0 Å². The van der Waals surface area contributed by atoms with Crippen LogP contribution < -0.4 is 0 Å². The standard InChI is InChI=1S/C12H25NO2/c1-12(2,15-4)5-6-13(3)9-10-7-11(14)8-10/h10-11,14H,5-9H2,1-4H3. The van der Waals surface area contributed by atoms with Crippen LogP contribution in [0.1, 0.15) is 33.1 Å². The Bertz CT molecular complexity index is 188. The van der Waals surface area contributed by atoms with Crippen molar-refractivity contribution < 1.29 is 9.84 Å². The molecule has 0 aromatic rings. The van der Waals surface area contributed by atoms with Crippen molar-refractivity contribution in [3.05, 3.63) is 0 Å². The van der Waals surface area contributed by atoms with E-state index in [-0.39, 0.29) is 11.7 Å². The second-order valence-corrected chi connectivity index (χ2v) is 5.47. The van der Waals surface area contributed by atoms with Crippen LogP contribution in [-0.4, -0.2) is 49.0 Å². The molecule has 3 nitrogen and oxygen atoms in total. The Morgan fingerprint density at radius 2 is 2.00 bits per heavy atom. The first-order valence-corrected chi connectivity index (χ1v) is 5.85. The molecule has 0 saturated heterocycles. The van der Waals surface area contributed by atoms with Gasteiger partial charge >= 0.3 is 0 Å². The smallest absolute Gasteiger partial charge is 0.0634 e. The van der Waals surface area contributed by atoms with Gasteiger partial charge in [0.1, 0.15) is 0 Å². The van der Waals surface area contributed by atoms with Gasteiger partial charge in [0, 0.05) is 20.2 Å². The quantitative estimate of drug-likeness (QED) is 0.729. The zero-order valence-electron chi connectivity index (χ0n) is 10.5. The predicted octanol–water partition coefficient (Wildman–Crippen LogP) is 1.50. The maximum Gasteiger partial charge on any atom is 0.0634 e. The first kappa shape index (κ1) is 12.9. The van der Waals surface area contributed by atoms with Crippen molar-refractivity contribution in [2.75, 3.05) is 27.2 Å². The molecule has 15 heavy (non-hydrogen) atoms. The zero-order valence-corrected chi connectivity index (χ0v) is 10.5. The van der Waals surface area contributed by atoms with Crippen LogP contribution in [0.15, 0.2) is 0 Å². The fraction of sp³-hybridized carbons (Fsp3) is 1.00. The first-order valence-electron chi connectivity index (χ1n) is 5.85. The van der Waals surface area contributed by atoms with Crippen LogP contribution >= 0.6 is 0 Å². The Morgan fingerprint density at radius 1 is 1.40 bits per heavy atom. The van der Waals surface area contributed by atoms with Gasteiger partial charge in [-0.2, -0.15) is 0 Å². The fourth-order valence-electron chi connectivity index (χ4n) is 1.94. The molecule has 0 aliphatic heterocycles. The van der Waals surface area contributed by atoms with Crippen molar-refractivity contribution in [2.24, 2.45) is 5.92 Å². The van der Waals surface area contributed by atoms with Gasteiger partial charge in [-0.3, -0.25) is 0 Å². The van der Waals surface area contributed by atoms with Crippen molar-refractivity contribution in [3.8, 4) is 0 Å². The predicted molar refractivity (Wildman–Crippen MR) is 61.9 cm³/mol. The average Bonchev–Trinajstić information content (AvgIpc) is 2.13. The van der Waals surface area contributed by atoms with E-state index in [1.54, 1.807) is 7.11 Å². The number of methoxy groups -OCH3 is 1. The molecule has 0 bridgehead atoms. The van der Waals surface area contributed by atoms with E-state index in [9.17, 15) is 5.11 Å². The fourth-order valence-corrected chi connectivity index (χ4v) is 1.94. The Morgan fingerprint density at radius 3 is 2.47 bits per heavy atom. The van der Waals surface area contributed by atoms with E-state index in [0.717, 1.165) is 32.4 Å². The van der Waals surface area contributed by atoms with Gasteiger partial charge in [0.05, 0.1) is 11.7 Å². The number of hydrogen-bond acceptors (Lipinski definition) is 3. The number of nitrogens with zero attached hydrogens (tertiary/aromatic N) is 1. The monoisotopic (exact) mass is 215 g/mol. The molecule has 0 radical (unpaired) electrons. The summed E-state index contributed by atoms with van der Waals surface area (Å²) in [6.45, 7) is 6.41. The molecule has 0 spiro atoms. The second-order valence-electron chi connectivity index (χ2n) is 5.47. The van der Waals surface area contributed by atoms with E-state index in [4.69, 9.17) is 4.74 Å². The maximum atomic E-state index is 9.19. The lowest BCUT2D eigenvalue weighted by molar-refractivity contribution is 0.0000234. The molecule has 1 N–H and O–H groups in total. The van der Waals surface area contributed by atoms with E-state index in [1.165, 1.54) is 0 Å². The minimum Gasteiger partial charge on any atom is -0.393 e. The largest absolute Gasteiger partial charge is 0.393 e. The van der Waals surface area contributed by atoms with Crippen molar-refractivity contribution >= 4 is 0 Å². The topological polar surface area (TPSA) is 32.7 Å². The van der Waals surface area contributed by atoms with Crippen molar-refractivity contribution in [1.82, 2.24) is 4.90 Å². The highest BCUT2D eigenvalue weighted by molar-refractivity contribution is 4.81. The molecule has 90 valence electrons. The molecule has 3 heteroatoms. The summed E-state index contributed by atoms with van der Waals surface area (Å²) in [4.78, 5) is 2.34. The molecule has 1 fully saturated rings. The molecular formula is C12H25NO2. The molecule has 0 amide bonds. The molecule has 0 unspecified atom stereocenters. The Hall–Kier alpha value is -0.120. The molecule has 1 rings (SSSR count). The summed E-state index contributed by atoms with van der Waals surface area (Å²) in [6.07, 6.45) is 2.99. The van der Waals surface area contributed by atoms with E-state index >= 15 is 0 Å². The third-order valence-electron chi connectivity index (χ3n) is 3.43. The molecule has 1 aliphatic carbocycles. The van der Waals surface area contributed by atoms with Crippen LogP contribution in [0.3, 0.4) is 0 Å². The van der Waals surface area contributed by atoms with Gasteiger partial charge in [-0.25, -0.2) is 0 Å². The van der Waals surface area contributed by atoms with E-state index < -0.39 is 0 Å². The third-order valence-corrected chi connectivity index (χ3v) is 3.43. The number of aliphatic hydroxyl groups is 1. The van der Waals surface area contributed by atoms with Gasteiger partial charge in [0.15, 0.2) is 0 Å². The summed E-state index contributed by atoms with van der Waals surface area (Å²) in [5, 5.41) is 9.19. The Balaban J connectivity index is 2.11. The molecule has 1 saturated carbocycles. The van der Waals surface area contributed by atoms with Crippen LogP contribution in [0.4, 0.5) is 0 Å².